The Balaban J connectivity index is 1.80. The topological polar surface area (TPSA) is 57.9 Å². The maximum Gasteiger partial charge on any atom is 0.270 e. The lowest BCUT2D eigenvalue weighted by molar-refractivity contribution is 0.0978. The van der Waals surface area contributed by atoms with Gasteiger partial charge in [0.2, 0.25) is 0 Å². The van der Waals surface area contributed by atoms with Gasteiger partial charge in [0.1, 0.15) is 0 Å². The van der Waals surface area contributed by atoms with Gasteiger partial charge >= 0.3 is 0 Å². The molecule has 28 heavy (non-hydrogen) atoms. The number of hydrogen-bond donors (Lipinski definition) is 0. The van der Waals surface area contributed by atoms with Crippen LogP contribution in [-0.2, 0) is 25.7 Å². The van der Waals surface area contributed by atoms with Crippen molar-refractivity contribution in [2.24, 2.45) is 5.41 Å². The molecule has 0 bridgehead atoms. The summed E-state index contributed by atoms with van der Waals surface area (Å²) in [7, 11) is 0. The third-order valence-electron chi connectivity index (χ3n) is 5.94. The summed E-state index contributed by atoms with van der Waals surface area (Å²) in [6.45, 7) is 10.6. The second kappa shape index (κ2) is 7.82. The van der Waals surface area contributed by atoms with Gasteiger partial charge in [0.25, 0.3) is 5.91 Å². The van der Waals surface area contributed by atoms with Gasteiger partial charge in [-0.2, -0.15) is 0 Å². The normalized spacial score (nSPS) is 15.3. The molecule has 1 aromatic heterocycles. The van der Waals surface area contributed by atoms with Crippen molar-refractivity contribution in [1.29, 1.82) is 0 Å². The summed E-state index contributed by atoms with van der Waals surface area (Å²) in [5, 5.41) is 0. The fourth-order valence-electron chi connectivity index (χ4n) is 4.49. The van der Waals surface area contributed by atoms with Crippen LogP contribution >= 0.6 is 11.3 Å². The van der Waals surface area contributed by atoms with Gasteiger partial charge in [-0.15, -0.1) is 11.3 Å². The standard InChI is InChI=1S/C24H30NO2S/c1-6-20-18-13-24(4,5)10-9-17(18)22(28-20)19(26)8-7-16-11-14(2)21(23(25)27)15(3)12-16/h11-12,25H,6-10,13H2,1-5H3. The molecule has 0 aliphatic heterocycles. The number of aryl methyl sites for hydroxylation is 4. The molecule has 1 N–H and O–H groups in total. The predicted octanol–water partition coefficient (Wildman–Crippen LogP) is 5.68. The maximum absolute atomic E-state index is 13.1. The van der Waals surface area contributed by atoms with Gasteiger partial charge in [0.15, 0.2) is 5.78 Å². The number of ketones is 1. The van der Waals surface area contributed by atoms with Gasteiger partial charge in [-0.1, -0.05) is 32.9 Å². The summed E-state index contributed by atoms with van der Waals surface area (Å²) in [5.41, 5.74) is 13.7. The van der Waals surface area contributed by atoms with Crippen molar-refractivity contribution in [3.8, 4) is 0 Å². The van der Waals surface area contributed by atoms with Crippen molar-refractivity contribution in [2.75, 3.05) is 0 Å². The molecule has 0 fully saturated rings. The van der Waals surface area contributed by atoms with Gasteiger partial charge in [-0.25, -0.2) is 0 Å². The second-order valence-corrected chi connectivity index (χ2v) is 9.97. The SMILES string of the molecule is CCc1sc(C(=O)CCc2cc(C)c(C([NH])=O)c(C)c2)c2c1CC(C)(C)CC2. The van der Waals surface area contributed by atoms with Crippen LogP contribution in [0.2, 0.25) is 0 Å². The molecule has 0 unspecified atom stereocenters. The highest BCUT2D eigenvalue weighted by atomic mass is 32.1. The Bertz CT molecular complexity index is 913. The Labute approximate surface area is 172 Å². The molecule has 149 valence electrons. The third-order valence-corrected chi connectivity index (χ3v) is 7.40. The molecule has 1 aliphatic carbocycles. The molecular formula is C24H30NO2S. The van der Waals surface area contributed by atoms with Crippen LogP contribution in [0.15, 0.2) is 12.1 Å². The summed E-state index contributed by atoms with van der Waals surface area (Å²) < 4.78 is 0. The van der Waals surface area contributed by atoms with E-state index in [-0.39, 0.29) is 5.78 Å². The minimum atomic E-state index is -0.641. The van der Waals surface area contributed by atoms with Crippen molar-refractivity contribution in [2.45, 2.75) is 73.1 Å². The van der Waals surface area contributed by atoms with Crippen LogP contribution in [0.25, 0.3) is 0 Å². The van der Waals surface area contributed by atoms with E-state index < -0.39 is 5.91 Å². The number of hydrogen-bond acceptors (Lipinski definition) is 3. The van der Waals surface area contributed by atoms with E-state index in [1.165, 1.54) is 16.0 Å². The molecule has 1 amide bonds. The summed E-state index contributed by atoms with van der Waals surface area (Å²) in [6.07, 6.45) is 5.40. The number of carbonyl (C=O) groups is 2. The lowest BCUT2D eigenvalue weighted by Crippen LogP contribution is -2.22. The summed E-state index contributed by atoms with van der Waals surface area (Å²) in [5.74, 6) is -0.394. The fraction of sp³-hybridized carbons (Fsp3) is 0.500. The maximum atomic E-state index is 13.1. The molecule has 1 radical (unpaired) electrons. The highest BCUT2D eigenvalue weighted by Crippen LogP contribution is 2.42. The Hall–Kier alpha value is -1.94. The Morgan fingerprint density at radius 1 is 1.14 bits per heavy atom. The van der Waals surface area contributed by atoms with Crippen LogP contribution in [0, 0.1) is 19.3 Å². The van der Waals surface area contributed by atoms with Crippen molar-refractivity contribution in [3.63, 3.8) is 0 Å². The van der Waals surface area contributed by atoms with Gasteiger partial charge in [-0.05, 0) is 79.2 Å². The highest BCUT2D eigenvalue weighted by molar-refractivity contribution is 7.14. The van der Waals surface area contributed by atoms with Gasteiger partial charge in [-0.3, -0.25) is 15.3 Å². The van der Waals surface area contributed by atoms with Crippen LogP contribution in [0.1, 0.15) is 86.3 Å². The first kappa shape index (κ1) is 20.8. The Kier molecular flexibility index (Phi) is 5.81. The number of nitrogens with one attached hydrogen (secondary N) is 1. The molecule has 2 aromatic rings. The van der Waals surface area contributed by atoms with E-state index in [0.29, 0.717) is 23.8 Å². The third kappa shape index (κ3) is 4.07. The van der Waals surface area contributed by atoms with E-state index in [2.05, 4.69) is 20.8 Å². The highest BCUT2D eigenvalue weighted by Gasteiger charge is 2.31. The molecule has 3 rings (SSSR count). The number of carbonyl (C=O) groups excluding carboxylic acids is 2. The molecule has 1 aromatic carbocycles. The van der Waals surface area contributed by atoms with Gasteiger partial charge in [0, 0.05) is 16.9 Å². The zero-order valence-electron chi connectivity index (χ0n) is 17.6. The average Bonchev–Trinajstić information content (AvgIpc) is 2.95. The Morgan fingerprint density at radius 3 is 2.36 bits per heavy atom. The number of Topliss-reactive ketones (excluding diaryl/α,β-unsaturated/α-hetero) is 1. The van der Waals surface area contributed by atoms with E-state index in [9.17, 15) is 9.59 Å². The van der Waals surface area contributed by atoms with Crippen molar-refractivity contribution in [1.82, 2.24) is 5.73 Å². The molecule has 0 saturated heterocycles. The second-order valence-electron chi connectivity index (χ2n) is 8.86. The van der Waals surface area contributed by atoms with E-state index in [0.717, 1.165) is 47.3 Å². The predicted molar refractivity (Wildman–Crippen MR) is 115 cm³/mol. The lowest BCUT2D eigenvalue weighted by atomic mass is 9.74. The average molecular weight is 397 g/mol. The largest absolute Gasteiger partial charge is 0.293 e. The van der Waals surface area contributed by atoms with Crippen LogP contribution < -0.4 is 5.73 Å². The number of thiophene rings is 1. The van der Waals surface area contributed by atoms with Crippen LogP contribution in [0.3, 0.4) is 0 Å². The molecular weight excluding hydrogens is 366 g/mol. The molecule has 0 atom stereocenters. The number of fused-ring (bicyclic) bond motifs is 1. The number of amides is 1. The minimum absolute atomic E-state index is 0.247. The van der Waals surface area contributed by atoms with Crippen LogP contribution in [0.4, 0.5) is 0 Å². The number of benzene rings is 1. The van der Waals surface area contributed by atoms with Crippen molar-refractivity contribution in [3.05, 3.63) is 55.3 Å². The van der Waals surface area contributed by atoms with Crippen LogP contribution in [-0.4, -0.2) is 11.7 Å². The van der Waals surface area contributed by atoms with Crippen LogP contribution in [0.5, 0.6) is 0 Å². The zero-order valence-corrected chi connectivity index (χ0v) is 18.4. The van der Waals surface area contributed by atoms with Crippen molar-refractivity contribution < 1.29 is 9.59 Å². The number of rotatable bonds is 6. The monoisotopic (exact) mass is 396 g/mol. The van der Waals surface area contributed by atoms with E-state index >= 15 is 0 Å². The van der Waals surface area contributed by atoms with Crippen molar-refractivity contribution >= 4 is 23.0 Å². The Morgan fingerprint density at radius 2 is 1.79 bits per heavy atom. The molecule has 3 nitrogen and oxygen atoms in total. The first-order valence-electron chi connectivity index (χ1n) is 10.2. The minimum Gasteiger partial charge on any atom is -0.293 e. The summed E-state index contributed by atoms with van der Waals surface area (Å²) >= 11 is 1.71. The zero-order chi connectivity index (χ0) is 20.6. The molecule has 0 spiro atoms. The fourth-order valence-corrected chi connectivity index (χ4v) is 5.76. The molecule has 4 heteroatoms. The van der Waals surface area contributed by atoms with Gasteiger partial charge < -0.3 is 0 Å². The lowest BCUT2D eigenvalue weighted by Gasteiger charge is -2.30. The quantitative estimate of drug-likeness (QED) is 0.590. The molecule has 0 saturated carbocycles. The molecule has 1 aliphatic rings. The summed E-state index contributed by atoms with van der Waals surface area (Å²) in [4.78, 5) is 26.9. The first-order valence-corrected chi connectivity index (χ1v) is 11.0. The molecule has 1 heterocycles. The van der Waals surface area contributed by atoms with E-state index in [4.69, 9.17) is 5.73 Å². The summed E-state index contributed by atoms with van der Waals surface area (Å²) in [6, 6.07) is 3.90. The first-order chi connectivity index (χ1) is 13.1. The van der Waals surface area contributed by atoms with E-state index in [1.807, 2.05) is 26.0 Å². The van der Waals surface area contributed by atoms with E-state index in [1.54, 1.807) is 11.3 Å². The van der Waals surface area contributed by atoms with Gasteiger partial charge in [0.05, 0.1) is 4.88 Å². The smallest absolute Gasteiger partial charge is 0.270 e.